The van der Waals surface area contributed by atoms with Gasteiger partial charge in [0.05, 0.1) is 11.0 Å². The molecule has 0 aromatic carbocycles. The normalized spacial score (nSPS) is 32.1. The van der Waals surface area contributed by atoms with Gasteiger partial charge in [-0.3, -0.25) is 4.79 Å². The van der Waals surface area contributed by atoms with E-state index in [2.05, 4.69) is 0 Å². The molecule has 10 heavy (non-hydrogen) atoms. The van der Waals surface area contributed by atoms with E-state index in [0.717, 1.165) is 0 Å². The SMILES string of the molecule is C[C@@H]1CC(=O)CCS1(=O)=O. The highest BCUT2D eigenvalue weighted by molar-refractivity contribution is 7.92. The lowest BCUT2D eigenvalue weighted by Crippen LogP contribution is -2.30. The summed E-state index contributed by atoms with van der Waals surface area (Å²) in [5.74, 6) is 0.120. The van der Waals surface area contributed by atoms with Gasteiger partial charge in [-0.25, -0.2) is 8.42 Å². The van der Waals surface area contributed by atoms with Crippen LogP contribution in [0.2, 0.25) is 0 Å². The molecule has 1 atom stereocenters. The van der Waals surface area contributed by atoms with Crippen molar-refractivity contribution in [1.82, 2.24) is 0 Å². The number of carbonyl (C=O) groups is 1. The molecule has 0 aromatic heterocycles. The lowest BCUT2D eigenvalue weighted by molar-refractivity contribution is -0.118. The van der Waals surface area contributed by atoms with Crippen molar-refractivity contribution in [1.29, 1.82) is 0 Å². The number of Topliss-reactive ketones (excluding diaryl/α,β-unsaturated/α-hetero) is 1. The molecule has 0 aliphatic carbocycles. The Kier molecular flexibility index (Phi) is 1.81. The fraction of sp³-hybridized carbons (Fsp3) is 0.833. The second-order valence-corrected chi connectivity index (χ2v) is 5.21. The number of hydrogen-bond acceptors (Lipinski definition) is 3. The van der Waals surface area contributed by atoms with Crippen LogP contribution < -0.4 is 0 Å². The second kappa shape index (κ2) is 2.34. The van der Waals surface area contributed by atoms with E-state index in [0.29, 0.717) is 0 Å². The van der Waals surface area contributed by atoms with Crippen LogP contribution in [-0.4, -0.2) is 25.2 Å². The van der Waals surface area contributed by atoms with Crippen LogP contribution >= 0.6 is 0 Å². The van der Waals surface area contributed by atoms with E-state index in [1.165, 1.54) is 0 Å². The Morgan fingerprint density at radius 1 is 1.50 bits per heavy atom. The average molecular weight is 162 g/mol. The van der Waals surface area contributed by atoms with Gasteiger partial charge in [-0.15, -0.1) is 0 Å². The first-order valence-corrected chi connectivity index (χ1v) is 4.97. The van der Waals surface area contributed by atoms with Crippen LogP contribution in [0.3, 0.4) is 0 Å². The maximum atomic E-state index is 11.0. The van der Waals surface area contributed by atoms with Crippen LogP contribution in [0.1, 0.15) is 19.8 Å². The van der Waals surface area contributed by atoms with E-state index in [1.54, 1.807) is 6.92 Å². The van der Waals surface area contributed by atoms with Gasteiger partial charge < -0.3 is 0 Å². The maximum absolute atomic E-state index is 11.0. The number of rotatable bonds is 0. The molecule has 0 bridgehead atoms. The van der Waals surface area contributed by atoms with Gasteiger partial charge in [-0.2, -0.15) is 0 Å². The second-order valence-electron chi connectivity index (χ2n) is 2.67. The Morgan fingerprint density at radius 2 is 2.10 bits per heavy atom. The third-order valence-electron chi connectivity index (χ3n) is 1.79. The largest absolute Gasteiger partial charge is 0.300 e. The van der Waals surface area contributed by atoms with Gasteiger partial charge in [0.15, 0.2) is 9.84 Å². The van der Waals surface area contributed by atoms with Gasteiger partial charge in [0, 0.05) is 12.8 Å². The summed E-state index contributed by atoms with van der Waals surface area (Å²) in [6.45, 7) is 1.59. The topological polar surface area (TPSA) is 51.2 Å². The van der Waals surface area contributed by atoms with Crippen LogP contribution in [0.5, 0.6) is 0 Å². The van der Waals surface area contributed by atoms with Crippen molar-refractivity contribution in [2.24, 2.45) is 0 Å². The summed E-state index contributed by atoms with van der Waals surface area (Å²) < 4.78 is 21.9. The summed E-state index contributed by atoms with van der Waals surface area (Å²) in [6, 6.07) is 0. The van der Waals surface area contributed by atoms with E-state index in [-0.39, 0.29) is 24.4 Å². The molecule has 1 rings (SSSR count). The van der Waals surface area contributed by atoms with Crippen molar-refractivity contribution in [3.8, 4) is 0 Å². The Labute approximate surface area is 60.3 Å². The van der Waals surface area contributed by atoms with E-state index >= 15 is 0 Å². The summed E-state index contributed by atoms with van der Waals surface area (Å²) in [6.07, 6.45) is 0.426. The van der Waals surface area contributed by atoms with Crippen molar-refractivity contribution in [2.75, 3.05) is 5.75 Å². The zero-order valence-corrected chi connectivity index (χ0v) is 6.65. The fourth-order valence-electron chi connectivity index (χ4n) is 1.01. The average Bonchev–Trinajstić information content (AvgIpc) is 1.81. The third-order valence-corrected chi connectivity index (χ3v) is 3.96. The molecule has 0 unspecified atom stereocenters. The van der Waals surface area contributed by atoms with Crippen LogP contribution in [0, 0.1) is 0 Å². The van der Waals surface area contributed by atoms with E-state index < -0.39 is 15.1 Å². The highest BCUT2D eigenvalue weighted by Gasteiger charge is 2.28. The minimum atomic E-state index is -2.92. The zero-order valence-electron chi connectivity index (χ0n) is 5.83. The number of sulfone groups is 1. The number of hydrogen-bond donors (Lipinski definition) is 0. The summed E-state index contributed by atoms with van der Waals surface area (Å²) in [5.41, 5.74) is 0. The van der Waals surface area contributed by atoms with Gasteiger partial charge in [-0.1, -0.05) is 0 Å². The lowest BCUT2D eigenvalue weighted by atomic mass is 10.2. The monoisotopic (exact) mass is 162 g/mol. The summed E-state index contributed by atoms with van der Waals surface area (Å²) >= 11 is 0. The zero-order chi connectivity index (χ0) is 7.78. The molecule has 0 saturated carbocycles. The molecule has 1 aliphatic rings. The van der Waals surface area contributed by atoms with Crippen molar-refractivity contribution >= 4 is 15.6 Å². The van der Waals surface area contributed by atoms with Gasteiger partial charge in [0.25, 0.3) is 0 Å². The highest BCUT2D eigenvalue weighted by Crippen LogP contribution is 2.15. The molecule has 1 aliphatic heterocycles. The molecule has 1 saturated heterocycles. The molecule has 0 N–H and O–H groups in total. The standard InChI is InChI=1S/C6H10O3S/c1-5-4-6(7)2-3-10(5,8)9/h5H,2-4H2,1H3/t5-/m1/s1. The molecule has 0 spiro atoms. The quantitative estimate of drug-likeness (QED) is 0.509. The van der Waals surface area contributed by atoms with Crippen molar-refractivity contribution in [2.45, 2.75) is 25.0 Å². The van der Waals surface area contributed by atoms with Crippen LogP contribution in [0.4, 0.5) is 0 Å². The van der Waals surface area contributed by atoms with Crippen LogP contribution in [0.25, 0.3) is 0 Å². The maximum Gasteiger partial charge on any atom is 0.153 e. The molecule has 0 amide bonds. The van der Waals surface area contributed by atoms with Gasteiger partial charge in [0.1, 0.15) is 5.78 Å². The Morgan fingerprint density at radius 3 is 2.50 bits per heavy atom. The number of carbonyl (C=O) groups excluding carboxylic acids is 1. The smallest absolute Gasteiger partial charge is 0.153 e. The first-order valence-electron chi connectivity index (χ1n) is 3.25. The first-order chi connectivity index (χ1) is 4.52. The Bertz CT molecular complexity index is 240. The lowest BCUT2D eigenvalue weighted by Gasteiger charge is -2.16. The fourth-order valence-corrected chi connectivity index (χ4v) is 2.36. The molecule has 4 heteroatoms. The van der Waals surface area contributed by atoms with E-state index in [1.807, 2.05) is 0 Å². The highest BCUT2D eigenvalue weighted by atomic mass is 32.2. The summed E-state index contributed by atoms with van der Waals surface area (Å²) in [4.78, 5) is 10.7. The van der Waals surface area contributed by atoms with Crippen molar-refractivity contribution < 1.29 is 13.2 Å². The predicted octanol–water partition coefficient (Wildman–Crippen LogP) is 0.153. The number of ketones is 1. The molecular weight excluding hydrogens is 152 g/mol. The summed E-state index contributed by atoms with van der Waals surface area (Å²) in [7, 11) is -2.92. The first kappa shape index (κ1) is 7.72. The van der Waals surface area contributed by atoms with E-state index in [9.17, 15) is 13.2 Å². The minimum absolute atomic E-state index is 0.0486. The molecule has 58 valence electrons. The van der Waals surface area contributed by atoms with Gasteiger partial charge in [0.2, 0.25) is 0 Å². The Hall–Kier alpha value is -0.380. The van der Waals surface area contributed by atoms with Crippen molar-refractivity contribution in [3.05, 3.63) is 0 Å². The summed E-state index contributed by atoms with van der Waals surface area (Å²) in [5, 5.41) is -0.450. The van der Waals surface area contributed by atoms with Gasteiger partial charge in [-0.05, 0) is 6.92 Å². The predicted molar refractivity (Wildman–Crippen MR) is 37.5 cm³/mol. The Balaban J connectivity index is 2.80. The van der Waals surface area contributed by atoms with Gasteiger partial charge >= 0.3 is 0 Å². The molecule has 1 heterocycles. The minimum Gasteiger partial charge on any atom is -0.300 e. The third kappa shape index (κ3) is 1.37. The van der Waals surface area contributed by atoms with Crippen molar-refractivity contribution in [3.63, 3.8) is 0 Å². The van der Waals surface area contributed by atoms with E-state index in [4.69, 9.17) is 0 Å². The van der Waals surface area contributed by atoms with Crippen LogP contribution in [0.15, 0.2) is 0 Å². The molecule has 0 aromatic rings. The molecular formula is C6H10O3S. The van der Waals surface area contributed by atoms with Crippen LogP contribution in [-0.2, 0) is 14.6 Å². The molecule has 0 radical (unpaired) electrons. The molecule has 1 fully saturated rings. The molecule has 3 nitrogen and oxygen atoms in total.